The molecule has 0 saturated carbocycles. The summed E-state index contributed by atoms with van der Waals surface area (Å²) in [5, 5.41) is 12.9. The van der Waals surface area contributed by atoms with Gasteiger partial charge in [0.15, 0.2) is 0 Å². The number of rotatable bonds is 6. The van der Waals surface area contributed by atoms with Crippen LogP contribution in [0.2, 0.25) is 0 Å². The first kappa shape index (κ1) is 18.9. The van der Waals surface area contributed by atoms with E-state index in [1.54, 1.807) is 0 Å². The number of nitrogens with zero attached hydrogens (tertiary/aromatic N) is 2. The highest BCUT2D eigenvalue weighted by Gasteiger charge is 2.15. The summed E-state index contributed by atoms with van der Waals surface area (Å²) in [6.07, 6.45) is 0.651. The van der Waals surface area contributed by atoms with Crippen LogP contribution in [0.25, 0.3) is 21.3 Å². The molecule has 2 aromatic heterocycles. The SMILES string of the molecule is O=c1c2c(-c3ccccc3)csc2ncn1CC(O)COc1ccc(Br)cc1. The van der Waals surface area contributed by atoms with Gasteiger partial charge in [-0.3, -0.25) is 9.36 Å². The van der Waals surface area contributed by atoms with Crippen molar-refractivity contribution in [1.29, 1.82) is 0 Å². The lowest BCUT2D eigenvalue weighted by Crippen LogP contribution is -2.30. The van der Waals surface area contributed by atoms with Gasteiger partial charge in [0.25, 0.3) is 5.56 Å². The third-order valence-electron chi connectivity index (χ3n) is 4.31. The van der Waals surface area contributed by atoms with E-state index in [2.05, 4.69) is 20.9 Å². The van der Waals surface area contributed by atoms with Gasteiger partial charge in [-0.2, -0.15) is 0 Å². The molecule has 0 bridgehead atoms. The van der Waals surface area contributed by atoms with E-state index in [9.17, 15) is 9.90 Å². The highest BCUT2D eigenvalue weighted by atomic mass is 79.9. The van der Waals surface area contributed by atoms with Crippen LogP contribution in [0, 0.1) is 0 Å². The number of aliphatic hydroxyl groups excluding tert-OH is 1. The maximum absolute atomic E-state index is 13.0. The molecule has 0 spiro atoms. The Labute approximate surface area is 174 Å². The summed E-state index contributed by atoms with van der Waals surface area (Å²) in [5.41, 5.74) is 1.69. The standard InChI is InChI=1S/C21H17BrN2O3S/c22-15-6-8-17(9-7-15)27-11-16(25)10-24-13-23-20-19(21(24)26)18(12-28-20)14-4-2-1-3-5-14/h1-9,12-13,16,25H,10-11H2. The van der Waals surface area contributed by atoms with Crippen molar-refractivity contribution in [2.45, 2.75) is 12.6 Å². The molecular weight excluding hydrogens is 440 g/mol. The number of hydrogen-bond acceptors (Lipinski definition) is 5. The van der Waals surface area contributed by atoms with E-state index in [1.807, 2.05) is 60.0 Å². The van der Waals surface area contributed by atoms with Gasteiger partial charge >= 0.3 is 0 Å². The number of aliphatic hydroxyl groups is 1. The second kappa shape index (κ2) is 8.26. The smallest absolute Gasteiger partial charge is 0.262 e. The Kier molecular flexibility index (Phi) is 5.57. The van der Waals surface area contributed by atoms with Crippen LogP contribution in [0.4, 0.5) is 0 Å². The van der Waals surface area contributed by atoms with Gasteiger partial charge in [-0.05, 0) is 29.8 Å². The van der Waals surface area contributed by atoms with E-state index in [0.29, 0.717) is 16.0 Å². The summed E-state index contributed by atoms with van der Waals surface area (Å²) < 4.78 is 7.99. The summed E-state index contributed by atoms with van der Waals surface area (Å²) >= 11 is 4.81. The van der Waals surface area contributed by atoms with Crippen LogP contribution in [-0.4, -0.2) is 27.4 Å². The third kappa shape index (κ3) is 4.01. The van der Waals surface area contributed by atoms with Crippen LogP contribution in [-0.2, 0) is 6.54 Å². The molecule has 0 aliphatic rings. The fourth-order valence-corrected chi connectivity index (χ4v) is 4.10. The molecule has 28 heavy (non-hydrogen) atoms. The molecule has 4 aromatic rings. The first-order chi connectivity index (χ1) is 13.6. The number of thiophene rings is 1. The number of ether oxygens (including phenoxy) is 1. The van der Waals surface area contributed by atoms with Crippen LogP contribution in [0.5, 0.6) is 5.75 Å². The predicted molar refractivity (Wildman–Crippen MR) is 115 cm³/mol. The number of halogens is 1. The highest BCUT2D eigenvalue weighted by Crippen LogP contribution is 2.30. The van der Waals surface area contributed by atoms with Crippen molar-refractivity contribution in [3.63, 3.8) is 0 Å². The zero-order chi connectivity index (χ0) is 19.5. The highest BCUT2D eigenvalue weighted by molar-refractivity contribution is 9.10. The normalized spacial score (nSPS) is 12.2. The molecule has 0 saturated heterocycles. The molecule has 0 aliphatic heterocycles. The Bertz CT molecular complexity index is 1140. The molecule has 0 amide bonds. The number of aromatic nitrogens is 2. The zero-order valence-electron chi connectivity index (χ0n) is 14.8. The zero-order valence-corrected chi connectivity index (χ0v) is 17.2. The molecule has 142 valence electrons. The van der Waals surface area contributed by atoms with E-state index in [1.165, 1.54) is 22.2 Å². The van der Waals surface area contributed by atoms with E-state index in [4.69, 9.17) is 4.74 Å². The quantitative estimate of drug-likeness (QED) is 0.468. The van der Waals surface area contributed by atoms with E-state index in [0.717, 1.165) is 15.6 Å². The van der Waals surface area contributed by atoms with Gasteiger partial charge in [-0.1, -0.05) is 46.3 Å². The van der Waals surface area contributed by atoms with Crippen molar-refractivity contribution in [3.8, 4) is 16.9 Å². The maximum Gasteiger partial charge on any atom is 0.262 e. The van der Waals surface area contributed by atoms with Crippen molar-refractivity contribution >= 4 is 37.5 Å². The van der Waals surface area contributed by atoms with Crippen LogP contribution in [0.3, 0.4) is 0 Å². The molecule has 0 fully saturated rings. The molecule has 1 atom stereocenters. The minimum Gasteiger partial charge on any atom is -0.491 e. The van der Waals surface area contributed by atoms with Gasteiger partial charge in [-0.25, -0.2) is 4.98 Å². The summed E-state index contributed by atoms with van der Waals surface area (Å²) in [5.74, 6) is 0.660. The van der Waals surface area contributed by atoms with Gasteiger partial charge < -0.3 is 9.84 Å². The van der Waals surface area contributed by atoms with Crippen molar-refractivity contribution < 1.29 is 9.84 Å². The Balaban J connectivity index is 1.54. The van der Waals surface area contributed by atoms with Crippen LogP contribution >= 0.6 is 27.3 Å². The summed E-state index contributed by atoms with van der Waals surface area (Å²) in [4.78, 5) is 18.1. The van der Waals surface area contributed by atoms with Gasteiger partial charge in [0, 0.05) is 15.4 Å². The second-order valence-electron chi connectivity index (χ2n) is 6.32. The first-order valence-electron chi connectivity index (χ1n) is 8.70. The lowest BCUT2D eigenvalue weighted by molar-refractivity contribution is 0.0915. The van der Waals surface area contributed by atoms with Crippen LogP contribution in [0.15, 0.2) is 75.6 Å². The predicted octanol–water partition coefficient (Wildman–Crippen LogP) is 4.33. The average molecular weight is 457 g/mol. The lowest BCUT2D eigenvalue weighted by Gasteiger charge is -2.14. The Morgan fingerprint density at radius 2 is 1.89 bits per heavy atom. The van der Waals surface area contributed by atoms with Crippen molar-refractivity contribution in [2.24, 2.45) is 0 Å². The Morgan fingerprint density at radius 1 is 1.14 bits per heavy atom. The number of fused-ring (bicyclic) bond motifs is 1. The number of benzene rings is 2. The molecule has 2 aromatic carbocycles. The van der Waals surface area contributed by atoms with Gasteiger partial charge in [0.1, 0.15) is 23.3 Å². The maximum atomic E-state index is 13.0. The molecule has 0 radical (unpaired) electrons. The van der Waals surface area contributed by atoms with Crippen molar-refractivity contribution in [3.05, 3.63) is 81.1 Å². The monoisotopic (exact) mass is 456 g/mol. The largest absolute Gasteiger partial charge is 0.491 e. The molecule has 0 aliphatic carbocycles. The van der Waals surface area contributed by atoms with Gasteiger partial charge in [0.05, 0.1) is 18.3 Å². The van der Waals surface area contributed by atoms with Crippen molar-refractivity contribution in [2.75, 3.05) is 6.61 Å². The molecular formula is C21H17BrN2O3S. The molecule has 2 heterocycles. The van der Waals surface area contributed by atoms with Gasteiger partial charge in [0.2, 0.25) is 0 Å². The van der Waals surface area contributed by atoms with E-state index >= 15 is 0 Å². The molecule has 7 heteroatoms. The molecule has 1 N–H and O–H groups in total. The number of hydrogen-bond donors (Lipinski definition) is 1. The third-order valence-corrected chi connectivity index (χ3v) is 5.72. The van der Waals surface area contributed by atoms with Crippen LogP contribution in [0.1, 0.15) is 0 Å². The second-order valence-corrected chi connectivity index (χ2v) is 8.09. The minimum absolute atomic E-state index is 0.0846. The summed E-state index contributed by atoms with van der Waals surface area (Å²) in [6, 6.07) is 17.1. The topological polar surface area (TPSA) is 64.4 Å². The van der Waals surface area contributed by atoms with E-state index < -0.39 is 6.10 Å². The minimum atomic E-state index is -0.834. The fourth-order valence-electron chi connectivity index (χ4n) is 2.93. The summed E-state index contributed by atoms with van der Waals surface area (Å²) in [7, 11) is 0. The van der Waals surface area contributed by atoms with E-state index in [-0.39, 0.29) is 18.7 Å². The molecule has 4 rings (SSSR count). The average Bonchev–Trinajstić information content (AvgIpc) is 3.15. The first-order valence-corrected chi connectivity index (χ1v) is 10.4. The molecule has 5 nitrogen and oxygen atoms in total. The van der Waals surface area contributed by atoms with Gasteiger partial charge in [-0.15, -0.1) is 11.3 Å². The summed E-state index contributed by atoms with van der Waals surface area (Å²) in [6.45, 7) is 0.198. The fraction of sp³-hybridized carbons (Fsp3) is 0.143. The molecule has 1 unspecified atom stereocenters. The van der Waals surface area contributed by atoms with Crippen LogP contribution < -0.4 is 10.3 Å². The Hall–Kier alpha value is -2.48. The Morgan fingerprint density at radius 3 is 2.64 bits per heavy atom. The van der Waals surface area contributed by atoms with Crippen molar-refractivity contribution in [1.82, 2.24) is 9.55 Å². The lowest BCUT2D eigenvalue weighted by atomic mass is 10.1.